The van der Waals surface area contributed by atoms with Crippen molar-refractivity contribution in [3.63, 3.8) is 0 Å². The van der Waals surface area contributed by atoms with Gasteiger partial charge in [-0.2, -0.15) is 4.57 Å². The first kappa shape index (κ1) is 29.1. The molecule has 1 aromatic heterocycles. The van der Waals surface area contributed by atoms with E-state index in [-0.39, 0.29) is 0 Å². The molecular formula is C35H44N5S+. The summed E-state index contributed by atoms with van der Waals surface area (Å²) in [5.74, 6) is 1.25. The molecule has 0 amide bonds. The van der Waals surface area contributed by atoms with Crippen LogP contribution < -0.4 is 9.47 Å². The molecule has 0 spiro atoms. The fraction of sp³-hybridized carbons (Fsp3) is 0.343. The zero-order valence-electron chi connectivity index (χ0n) is 25.5. The van der Waals surface area contributed by atoms with E-state index in [0.717, 1.165) is 39.0 Å². The molecule has 0 N–H and O–H groups in total. The summed E-state index contributed by atoms with van der Waals surface area (Å²) >= 11 is 1.86. The minimum absolute atomic E-state index is 1.01. The summed E-state index contributed by atoms with van der Waals surface area (Å²) in [7, 11) is 10.8. The van der Waals surface area contributed by atoms with Crippen LogP contribution >= 0.6 is 11.3 Å². The minimum atomic E-state index is 1.01. The molecule has 2 heterocycles. The largest absolute Gasteiger partial charge is 0.358 e. The van der Waals surface area contributed by atoms with Gasteiger partial charge in [0.15, 0.2) is 0 Å². The van der Waals surface area contributed by atoms with Gasteiger partial charge in [0, 0.05) is 36.5 Å². The number of benzene rings is 3. The van der Waals surface area contributed by atoms with Crippen LogP contribution in [0.3, 0.4) is 0 Å². The fourth-order valence-electron chi connectivity index (χ4n) is 5.55. The van der Waals surface area contributed by atoms with E-state index >= 15 is 0 Å². The number of rotatable bonds is 11. The van der Waals surface area contributed by atoms with Gasteiger partial charge in [0.1, 0.15) is 17.6 Å². The van der Waals surface area contributed by atoms with E-state index in [1.165, 1.54) is 49.1 Å². The lowest BCUT2D eigenvalue weighted by Crippen LogP contribution is -2.38. The Balaban J connectivity index is 1.65. The van der Waals surface area contributed by atoms with Crippen LogP contribution in [-0.4, -0.2) is 69.1 Å². The van der Waals surface area contributed by atoms with Crippen molar-refractivity contribution in [3.05, 3.63) is 101 Å². The normalized spacial score (nSPS) is 14.3. The molecule has 1 aliphatic heterocycles. The first-order chi connectivity index (χ1) is 19.8. The maximum absolute atomic E-state index is 2.61. The molecule has 0 saturated carbocycles. The molecule has 5 nitrogen and oxygen atoms in total. The summed E-state index contributed by atoms with van der Waals surface area (Å²) in [5.41, 5.74) is 7.52. The number of para-hydroxylation sites is 2. The number of nitrogens with zero attached hydrogens (tertiary/aromatic N) is 5. The van der Waals surface area contributed by atoms with Crippen LogP contribution in [0.15, 0.2) is 84.7 Å². The standard InChI is InChI=1S/C35H44N5S/c1-27-18-19-33-32(24-27)38(6)35(41-33)26-28-25-34(39(22-12-20-36(2)3)23-13-21-37(4)5)40(29-14-8-7-9-15-29)31-17-11-10-16-30(28)31/h7-11,14-19,24-26H,12-13,20-23H2,1-6H3/q+1. The van der Waals surface area contributed by atoms with Crippen LogP contribution in [-0.2, 0) is 7.05 Å². The molecule has 5 rings (SSSR count). The minimum Gasteiger partial charge on any atom is -0.358 e. The Labute approximate surface area is 250 Å². The summed E-state index contributed by atoms with van der Waals surface area (Å²) in [6.45, 7) is 6.32. The van der Waals surface area contributed by atoms with Crippen LogP contribution in [0.5, 0.6) is 0 Å². The van der Waals surface area contributed by atoms with Gasteiger partial charge in [0.05, 0.1) is 5.69 Å². The zero-order chi connectivity index (χ0) is 28.9. The number of allylic oxidation sites excluding steroid dienone is 2. The molecule has 1 aliphatic rings. The second kappa shape index (κ2) is 13.0. The summed E-state index contributed by atoms with van der Waals surface area (Å²) in [6.07, 6.45) is 7.04. The van der Waals surface area contributed by atoms with Crippen molar-refractivity contribution in [2.75, 3.05) is 59.3 Å². The van der Waals surface area contributed by atoms with E-state index in [1.807, 2.05) is 11.3 Å². The third-order valence-electron chi connectivity index (χ3n) is 7.67. The maximum Gasteiger partial charge on any atom is 0.263 e. The molecule has 4 aromatic rings. The number of thiazole rings is 1. The fourth-order valence-corrected chi connectivity index (χ4v) is 6.63. The number of hydrogen-bond donors (Lipinski definition) is 0. The Kier molecular flexibility index (Phi) is 9.23. The highest BCUT2D eigenvalue weighted by molar-refractivity contribution is 7.18. The van der Waals surface area contributed by atoms with Gasteiger partial charge in [-0.05, 0) is 103 Å². The predicted octanol–water partition coefficient (Wildman–Crippen LogP) is 6.77. The van der Waals surface area contributed by atoms with E-state index in [4.69, 9.17) is 0 Å². The summed E-state index contributed by atoms with van der Waals surface area (Å²) in [6, 6.07) is 26.5. The number of aryl methyl sites for hydroxylation is 2. The van der Waals surface area contributed by atoms with E-state index in [0.29, 0.717) is 0 Å². The van der Waals surface area contributed by atoms with Crippen LogP contribution in [0.4, 0.5) is 11.4 Å². The van der Waals surface area contributed by atoms with Crippen molar-refractivity contribution < 1.29 is 4.57 Å². The molecule has 0 aliphatic carbocycles. The topological polar surface area (TPSA) is 16.8 Å². The molecule has 0 atom stereocenters. The maximum atomic E-state index is 2.61. The van der Waals surface area contributed by atoms with Gasteiger partial charge in [0.25, 0.3) is 5.01 Å². The van der Waals surface area contributed by atoms with Crippen molar-refractivity contribution in [1.82, 2.24) is 14.7 Å². The molecule has 6 heteroatoms. The quantitative estimate of drug-likeness (QED) is 0.186. The van der Waals surface area contributed by atoms with E-state index in [1.54, 1.807) is 0 Å². The number of aromatic nitrogens is 1. The molecule has 0 fully saturated rings. The third kappa shape index (κ3) is 6.72. The van der Waals surface area contributed by atoms with Gasteiger partial charge in [-0.25, -0.2) is 0 Å². The molecule has 0 saturated heterocycles. The molecule has 0 bridgehead atoms. The Hall–Kier alpha value is -3.45. The molecule has 0 radical (unpaired) electrons. The number of fused-ring (bicyclic) bond motifs is 2. The first-order valence-electron chi connectivity index (χ1n) is 14.6. The van der Waals surface area contributed by atoms with E-state index < -0.39 is 0 Å². The predicted molar refractivity (Wildman–Crippen MR) is 177 cm³/mol. The Morgan fingerprint density at radius 3 is 2.15 bits per heavy atom. The van der Waals surface area contributed by atoms with Gasteiger partial charge < -0.3 is 14.7 Å². The number of anilines is 2. The summed E-state index contributed by atoms with van der Waals surface area (Å²) in [4.78, 5) is 9.64. The highest BCUT2D eigenvalue weighted by Gasteiger charge is 2.28. The van der Waals surface area contributed by atoms with Crippen molar-refractivity contribution in [1.29, 1.82) is 0 Å². The average molecular weight is 567 g/mol. The monoisotopic (exact) mass is 566 g/mol. The molecular weight excluding hydrogens is 522 g/mol. The van der Waals surface area contributed by atoms with Gasteiger partial charge in [-0.1, -0.05) is 53.8 Å². The van der Waals surface area contributed by atoms with Crippen molar-refractivity contribution in [3.8, 4) is 0 Å². The zero-order valence-corrected chi connectivity index (χ0v) is 26.3. The molecule has 3 aromatic carbocycles. The summed E-state index contributed by atoms with van der Waals surface area (Å²) < 4.78 is 3.66. The Morgan fingerprint density at radius 1 is 0.805 bits per heavy atom. The third-order valence-corrected chi connectivity index (χ3v) is 8.84. The SMILES string of the molecule is Cc1ccc2sc(/C=C3/C=C(N(CCCN(C)C)CCCN(C)C)N(c4ccccc4)c4ccccc43)[n+](C)c2c1. The van der Waals surface area contributed by atoms with Gasteiger partial charge in [-0.15, -0.1) is 0 Å². The van der Waals surface area contributed by atoms with Crippen LogP contribution in [0.25, 0.3) is 21.9 Å². The van der Waals surface area contributed by atoms with Gasteiger partial charge in [0.2, 0.25) is 5.52 Å². The van der Waals surface area contributed by atoms with Crippen molar-refractivity contribution in [2.24, 2.45) is 7.05 Å². The number of hydrogen-bond acceptors (Lipinski definition) is 5. The second-order valence-electron chi connectivity index (χ2n) is 11.6. The first-order valence-corrected chi connectivity index (χ1v) is 15.4. The second-order valence-corrected chi connectivity index (χ2v) is 12.6. The van der Waals surface area contributed by atoms with Crippen molar-refractivity contribution >= 4 is 44.6 Å². The van der Waals surface area contributed by atoms with Crippen LogP contribution in [0, 0.1) is 6.92 Å². The van der Waals surface area contributed by atoms with Crippen LogP contribution in [0.1, 0.15) is 29.0 Å². The smallest absolute Gasteiger partial charge is 0.263 e. The molecule has 41 heavy (non-hydrogen) atoms. The van der Waals surface area contributed by atoms with E-state index in [9.17, 15) is 0 Å². The molecule has 0 unspecified atom stereocenters. The Bertz CT molecular complexity index is 1520. The lowest BCUT2D eigenvalue weighted by Gasteiger charge is -2.40. The molecule has 214 valence electrons. The summed E-state index contributed by atoms with van der Waals surface area (Å²) in [5, 5.41) is 1.26. The van der Waals surface area contributed by atoms with Gasteiger partial charge in [-0.3, -0.25) is 4.90 Å². The Morgan fingerprint density at radius 2 is 1.46 bits per heavy atom. The van der Waals surface area contributed by atoms with Crippen LogP contribution in [0.2, 0.25) is 0 Å². The van der Waals surface area contributed by atoms with Gasteiger partial charge >= 0.3 is 0 Å². The average Bonchev–Trinajstić information content (AvgIpc) is 3.26. The highest BCUT2D eigenvalue weighted by Crippen LogP contribution is 2.42. The highest BCUT2D eigenvalue weighted by atomic mass is 32.1. The van der Waals surface area contributed by atoms with E-state index in [2.05, 4.69) is 151 Å². The lowest BCUT2D eigenvalue weighted by molar-refractivity contribution is -0.642. The lowest BCUT2D eigenvalue weighted by atomic mass is 9.97. The van der Waals surface area contributed by atoms with Crippen molar-refractivity contribution in [2.45, 2.75) is 19.8 Å².